The second-order valence-corrected chi connectivity index (χ2v) is 6.18. The molecule has 0 unspecified atom stereocenters. The number of carbonyl (C=O) groups excluding carboxylic acids is 2. The third kappa shape index (κ3) is 3.85. The smallest absolute Gasteiger partial charge is 0.264 e. The second kappa shape index (κ2) is 7.74. The van der Waals surface area contributed by atoms with Gasteiger partial charge >= 0.3 is 0 Å². The molecule has 0 radical (unpaired) electrons. The van der Waals surface area contributed by atoms with Crippen LogP contribution < -0.4 is 10.6 Å². The van der Waals surface area contributed by atoms with Gasteiger partial charge in [-0.1, -0.05) is 36.4 Å². The lowest BCUT2D eigenvalue weighted by molar-refractivity contribution is -0.118. The molecular weight excluding hydrogens is 328 g/mol. The van der Waals surface area contributed by atoms with Crippen molar-refractivity contribution < 1.29 is 9.59 Å². The number of rotatable bonds is 4. The van der Waals surface area contributed by atoms with E-state index in [9.17, 15) is 9.59 Å². The Kier molecular flexibility index (Phi) is 5.22. The number of nitrogens with zero attached hydrogens (tertiary/aromatic N) is 2. The molecule has 2 aromatic carbocycles. The van der Waals surface area contributed by atoms with Gasteiger partial charge < -0.3 is 20.4 Å². The molecule has 134 valence electrons. The summed E-state index contributed by atoms with van der Waals surface area (Å²) in [5, 5.41) is 5.63. The minimum absolute atomic E-state index is 0.0974. The first-order chi connectivity index (χ1) is 12.6. The fourth-order valence-electron chi connectivity index (χ4n) is 2.92. The Hall–Kier alpha value is -3.28. The molecule has 1 heterocycles. The molecule has 6 nitrogen and oxygen atoms in total. The molecule has 6 heteroatoms. The summed E-state index contributed by atoms with van der Waals surface area (Å²) in [6, 6.07) is 18.2. The third-order valence-electron chi connectivity index (χ3n) is 4.24. The van der Waals surface area contributed by atoms with Gasteiger partial charge in [0.2, 0.25) is 0 Å². The monoisotopic (exact) mass is 350 g/mol. The number of anilines is 2. The number of para-hydroxylation sites is 2. The first-order valence-corrected chi connectivity index (χ1v) is 8.45. The summed E-state index contributed by atoms with van der Waals surface area (Å²) in [5.41, 5.74) is 1.39. The van der Waals surface area contributed by atoms with Crippen LogP contribution in [-0.4, -0.2) is 48.8 Å². The van der Waals surface area contributed by atoms with Crippen LogP contribution >= 0.6 is 0 Å². The maximum atomic E-state index is 12.9. The molecule has 0 atom stereocenters. The van der Waals surface area contributed by atoms with E-state index in [1.807, 2.05) is 60.3 Å². The van der Waals surface area contributed by atoms with Crippen LogP contribution in [0.15, 0.2) is 72.1 Å². The number of benzene rings is 2. The van der Waals surface area contributed by atoms with Crippen LogP contribution in [0.4, 0.5) is 11.4 Å². The van der Waals surface area contributed by atoms with Gasteiger partial charge in [0, 0.05) is 38.6 Å². The summed E-state index contributed by atoms with van der Waals surface area (Å²) in [5.74, 6) is -0.243. The van der Waals surface area contributed by atoms with Crippen molar-refractivity contribution in [2.75, 3.05) is 37.8 Å². The highest BCUT2D eigenvalue weighted by molar-refractivity contribution is 6.26. The Morgan fingerprint density at radius 1 is 0.731 bits per heavy atom. The molecule has 3 rings (SSSR count). The number of nitrogens with one attached hydrogen (secondary N) is 2. The van der Waals surface area contributed by atoms with E-state index >= 15 is 0 Å². The molecule has 0 bridgehead atoms. The Labute approximate surface area is 153 Å². The van der Waals surface area contributed by atoms with Crippen LogP contribution in [0.1, 0.15) is 0 Å². The van der Waals surface area contributed by atoms with E-state index in [1.165, 1.54) is 0 Å². The predicted octanol–water partition coefficient (Wildman–Crippen LogP) is 2.35. The van der Waals surface area contributed by atoms with Crippen LogP contribution in [0, 0.1) is 0 Å². The lowest BCUT2D eigenvalue weighted by Crippen LogP contribution is -2.32. The summed E-state index contributed by atoms with van der Waals surface area (Å²) in [6.07, 6.45) is 0. The molecule has 2 amide bonds. The fourth-order valence-corrected chi connectivity index (χ4v) is 2.92. The molecule has 2 aromatic rings. The fraction of sp³-hybridized carbons (Fsp3) is 0.200. The zero-order chi connectivity index (χ0) is 18.5. The summed E-state index contributed by atoms with van der Waals surface area (Å²) in [7, 11) is 3.76. The molecular formula is C20H22N4O2. The van der Waals surface area contributed by atoms with Crippen LogP contribution in [0.25, 0.3) is 0 Å². The predicted molar refractivity (Wildman–Crippen MR) is 102 cm³/mol. The van der Waals surface area contributed by atoms with Gasteiger partial charge in [0.05, 0.1) is 0 Å². The molecule has 1 aliphatic rings. The van der Waals surface area contributed by atoms with E-state index in [4.69, 9.17) is 0 Å². The maximum Gasteiger partial charge on any atom is 0.264 e. The van der Waals surface area contributed by atoms with E-state index in [1.54, 1.807) is 24.3 Å². The largest absolute Gasteiger partial charge is 0.359 e. The van der Waals surface area contributed by atoms with Gasteiger partial charge in [-0.25, -0.2) is 0 Å². The zero-order valence-corrected chi connectivity index (χ0v) is 14.9. The van der Waals surface area contributed by atoms with Crippen molar-refractivity contribution in [1.82, 2.24) is 9.80 Å². The Morgan fingerprint density at radius 3 is 1.50 bits per heavy atom. The SMILES string of the molecule is CN1CCN(C)C1=C(C(=O)Nc1ccccc1)C(=O)Nc1ccccc1. The number of carbonyl (C=O) groups is 2. The van der Waals surface area contributed by atoms with E-state index in [0.29, 0.717) is 17.2 Å². The second-order valence-electron chi connectivity index (χ2n) is 6.18. The minimum Gasteiger partial charge on any atom is -0.359 e. The first kappa shape index (κ1) is 17.5. The first-order valence-electron chi connectivity index (χ1n) is 8.45. The highest BCUT2D eigenvalue weighted by atomic mass is 16.2. The average molecular weight is 350 g/mol. The van der Waals surface area contributed by atoms with Crippen molar-refractivity contribution in [3.8, 4) is 0 Å². The van der Waals surface area contributed by atoms with E-state index in [-0.39, 0.29) is 5.57 Å². The van der Waals surface area contributed by atoms with Gasteiger partial charge in [0.25, 0.3) is 11.8 Å². The molecule has 0 aliphatic carbocycles. The molecule has 0 aromatic heterocycles. The highest BCUT2D eigenvalue weighted by Crippen LogP contribution is 2.21. The lowest BCUT2D eigenvalue weighted by Gasteiger charge is -2.22. The number of hydrogen-bond donors (Lipinski definition) is 2. The van der Waals surface area contributed by atoms with Crippen LogP contribution in [0.5, 0.6) is 0 Å². The maximum absolute atomic E-state index is 12.9. The molecule has 1 saturated heterocycles. The van der Waals surface area contributed by atoms with Crippen LogP contribution in [-0.2, 0) is 9.59 Å². The van der Waals surface area contributed by atoms with E-state index in [0.717, 1.165) is 13.1 Å². The lowest BCUT2D eigenvalue weighted by atomic mass is 10.2. The summed E-state index contributed by atoms with van der Waals surface area (Å²) < 4.78 is 0. The van der Waals surface area contributed by atoms with Gasteiger partial charge in [-0.3, -0.25) is 9.59 Å². The third-order valence-corrected chi connectivity index (χ3v) is 4.24. The van der Waals surface area contributed by atoms with Crippen LogP contribution in [0.3, 0.4) is 0 Å². The van der Waals surface area contributed by atoms with Gasteiger partial charge in [-0.15, -0.1) is 0 Å². The van der Waals surface area contributed by atoms with Crippen molar-refractivity contribution >= 4 is 23.2 Å². The van der Waals surface area contributed by atoms with Gasteiger partial charge in [0.15, 0.2) is 0 Å². The Morgan fingerprint density at radius 2 is 1.12 bits per heavy atom. The standard InChI is InChI=1S/C20H22N4O2/c1-23-13-14-24(2)20(23)17(18(25)21-15-9-5-3-6-10-15)19(26)22-16-11-7-4-8-12-16/h3-12H,13-14H2,1-2H3,(H,21,25)(H,22,26). The average Bonchev–Trinajstić information content (AvgIpc) is 2.96. The number of amides is 2. The Bertz CT molecular complexity index is 751. The van der Waals surface area contributed by atoms with Crippen molar-refractivity contribution in [2.24, 2.45) is 0 Å². The quantitative estimate of drug-likeness (QED) is 0.505. The molecule has 1 fully saturated rings. The summed E-state index contributed by atoms with van der Waals surface area (Å²) in [4.78, 5) is 29.7. The zero-order valence-electron chi connectivity index (χ0n) is 14.9. The normalized spacial score (nSPS) is 13.5. The molecule has 0 spiro atoms. The van der Waals surface area contributed by atoms with Crippen molar-refractivity contribution in [2.45, 2.75) is 0 Å². The van der Waals surface area contributed by atoms with E-state index < -0.39 is 11.8 Å². The number of hydrogen-bond acceptors (Lipinski definition) is 4. The highest BCUT2D eigenvalue weighted by Gasteiger charge is 2.31. The molecule has 1 aliphatic heterocycles. The van der Waals surface area contributed by atoms with Crippen LogP contribution in [0.2, 0.25) is 0 Å². The number of likely N-dealkylation sites (N-methyl/N-ethyl adjacent to an activating group) is 2. The molecule has 0 saturated carbocycles. The van der Waals surface area contributed by atoms with E-state index in [2.05, 4.69) is 10.6 Å². The minimum atomic E-state index is -0.430. The van der Waals surface area contributed by atoms with Gasteiger partial charge in [-0.05, 0) is 24.3 Å². The summed E-state index contributed by atoms with van der Waals surface area (Å²) in [6.45, 7) is 1.51. The topological polar surface area (TPSA) is 64.7 Å². The molecule has 26 heavy (non-hydrogen) atoms. The summed E-state index contributed by atoms with van der Waals surface area (Å²) >= 11 is 0. The van der Waals surface area contributed by atoms with Gasteiger partial charge in [-0.2, -0.15) is 0 Å². The van der Waals surface area contributed by atoms with Crippen molar-refractivity contribution in [3.05, 3.63) is 72.1 Å². The molecule has 2 N–H and O–H groups in total. The van der Waals surface area contributed by atoms with Crippen molar-refractivity contribution in [1.29, 1.82) is 0 Å². The Balaban J connectivity index is 1.93. The van der Waals surface area contributed by atoms with Gasteiger partial charge in [0.1, 0.15) is 11.4 Å². The van der Waals surface area contributed by atoms with Crippen molar-refractivity contribution in [3.63, 3.8) is 0 Å².